The molecule has 6 nitrogen and oxygen atoms in total. The number of H-pyrrole nitrogens is 1. The quantitative estimate of drug-likeness (QED) is 0.232. The Labute approximate surface area is 230 Å². The molecule has 1 unspecified atom stereocenters. The van der Waals surface area contributed by atoms with E-state index in [9.17, 15) is 14.7 Å². The van der Waals surface area contributed by atoms with Crippen molar-refractivity contribution in [2.24, 2.45) is 0 Å². The zero-order valence-corrected chi connectivity index (χ0v) is 22.9. The van der Waals surface area contributed by atoms with Gasteiger partial charge in [-0.15, -0.1) is 11.3 Å². The third-order valence-corrected chi connectivity index (χ3v) is 8.38. The largest absolute Gasteiger partial charge is 0.503 e. The predicted molar refractivity (Wildman–Crippen MR) is 155 cm³/mol. The molecule has 0 spiro atoms. The van der Waals surface area contributed by atoms with E-state index in [-0.39, 0.29) is 11.4 Å². The molecule has 0 aliphatic carbocycles. The summed E-state index contributed by atoms with van der Waals surface area (Å²) >= 11 is 1.28. The molecule has 0 fully saturated rings. The Morgan fingerprint density at radius 1 is 0.949 bits per heavy atom. The first-order valence-electron chi connectivity index (χ1n) is 12.7. The Hall–Kier alpha value is -4.49. The number of aromatic nitrogens is 2. The molecule has 1 aliphatic heterocycles. The lowest BCUT2D eigenvalue weighted by Gasteiger charge is -2.28. The number of carbonyl (C=O) groups excluding carboxylic acids is 2. The van der Waals surface area contributed by atoms with Crippen molar-refractivity contribution in [1.29, 1.82) is 0 Å². The van der Waals surface area contributed by atoms with Crippen LogP contribution in [0.15, 0.2) is 84.1 Å². The average Bonchev–Trinajstić information content (AvgIpc) is 3.54. The van der Waals surface area contributed by atoms with Gasteiger partial charge in [-0.1, -0.05) is 54.6 Å². The second-order valence-electron chi connectivity index (χ2n) is 10.0. The molecule has 0 saturated heterocycles. The van der Waals surface area contributed by atoms with Gasteiger partial charge in [0.25, 0.3) is 5.91 Å². The minimum Gasteiger partial charge on any atom is -0.503 e. The fraction of sp³-hybridized carbons (Fsp3) is 0.156. The first-order valence-corrected chi connectivity index (χ1v) is 13.6. The lowest BCUT2D eigenvalue weighted by molar-refractivity contribution is -0.117. The summed E-state index contributed by atoms with van der Waals surface area (Å²) in [5, 5.41) is 13.0. The number of ketones is 1. The number of thiazole rings is 1. The first kappa shape index (κ1) is 24.8. The van der Waals surface area contributed by atoms with E-state index >= 15 is 0 Å². The van der Waals surface area contributed by atoms with E-state index in [0.717, 1.165) is 38.9 Å². The van der Waals surface area contributed by atoms with Gasteiger partial charge in [-0.2, -0.15) is 0 Å². The van der Waals surface area contributed by atoms with Crippen LogP contribution in [0.3, 0.4) is 0 Å². The van der Waals surface area contributed by atoms with Crippen LogP contribution in [0, 0.1) is 27.7 Å². The van der Waals surface area contributed by atoms with E-state index in [4.69, 9.17) is 0 Å². The summed E-state index contributed by atoms with van der Waals surface area (Å²) in [6.45, 7) is 7.66. The summed E-state index contributed by atoms with van der Waals surface area (Å²) in [6.07, 6.45) is 0. The SMILES string of the molecule is Cc1cc(C)cc(N2C(=O)C(O)=C(C(=O)c3sc(-c4ccccc4)nc3C)C2c2c(C)[nH]c3ccccc23)c1. The molecule has 0 bridgehead atoms. The zero-order valence-electron chi connectivity index (χ0n) is 22.1. The molecule has 1 amide bonds. The number of para-hydroxylation sites is 1. The molecule has 0 saturated carbocycles. The minimum atomic E-state index is -0.816. The number of rotatable bonds is 5. The number of fused-ring (bicyclic) bond motifs is 1. The molecule has 3 heterocycles. The highest BCUT2D eigenvalue weighted by Gasteiger charge is 2.47. The van der Waals surface area contributed by atoms with Crippen LogP contribution in [0.2, 0.25) is 0 Å². The number of carbonyl (C=O) groups is 2. The average molecular weight is 534 g/mol. The Morgan fingerprint density at radius 2 is 1.62 bits per heavy atom. The van der Waals surface area contributed by atoms with E-state index in [1.807, 2.05) is 93.6 Å². The van der Waals surface area contributed by atoms with Crippen LogP contribution in [0.1, 0.15) is 43.8 Å². The van der Waals surface area contributed by atoms with Crippen LogP contribution in [0.5, 0.6) is 0 Å². The molecule has 3 aromatic carbocycles. The van der Waals surface area contributed by atoms with Crippen molar-refractivity contribution >= 4 is 39.6 Å². The van der Waals surface area contributed by atoms with Crippen molar-refractivity contribution < 1.29 is 14.7 Å². The molecular weight excluding hydrogens is 506 g/mol. The number of benzene rings is 3. The van der Waals surface area contributed by atoms with Gasteiger partial charge in [0.1, 0.15) is 5.01 Å². The van der Waals surface area contributed by atoms with Crippen molar-refractivity contribution in [2.45, 2.75) is 33.7 Å². The van der Waals surface area contributed by atoms with Crippen molar-refractivity contribution in [3.8, 4) is 10.6 Å². The van der Waals surface area contributed by atoms with Crippen LogP contribution < -0.4 is 4.90 Å². The minimum absolute atomic E-state index is 0.0679. The number of aryl methyl sites for hydroxylation is 4. The van der Waals surface area contributed by atoms with E-state index in [0.29, 0.717) is 21.3 Å². The molecule has 5 aromatic rings. The summed E-state index contributed by atoms with van der Waals surface area (Å²) in [4.78, 5) is 38.1. The number of Topliss-reactive ketones (excluding diaryl/α,β-unsaturated/α-hetero) is 1. The lowest BCUT2D eigenvalue weighted by atomic mass is 9.92. The Kier molecular flexibility index (Phi) is 5.96. The number of amides is 1. The lowest BCUT2D eigenvalue weighted by Crippen LogP contribution is -2.31. The third-order valence-electron chi connectivity index (χ3n) is 7.18. The first-order chi connectivity index (χ1) is 18.7. The van der Waals surface area contributed by atoms with Gasteiger partial charge in [-0.3, -0.25) is 14.5 Å². The summed E-state index contributed by atoms with van der Waals surface area (Å²) in [5.74, 6) is -1.51. The number of anilines is 1. The van der Waals surface area contributed by atoms with Crippen LogP contribution in [0.4, 0.5) is 5.69 Å². The molecule has 0 radical (unpaired) electrons. The van der Waals surface area contributed by atoms with Crippen LogP contribution in [0.25, 0.3) is 21.5 Å². The van der Waals surface area contributed by atoms with Gasteiger partial charge in [0, 0.05) is 33.4 Å². The van der Waals surface area contributed by atoms with Crippen molar-refractivity contribution in [3.05, 3.63) is 117 Å². The Balaban J connectivity index is 1.56. The maximum Gasteiger partial charge on any atom is 0.294 e. The van der Waals surface area contributed by atoms with E-state index in [2.05, 4.69) is 9.97 Å². The second-order valence-corrected chi connectivity index (χ2v) is 11.0. The van der Waals surface area contributed by atoms with Gasteiger partial charge in [0.05, 0.1) is 22.2 Å². The molecule has 194 valence electrons. The topological polar surface area (TPSA) is 86.3 Å². The van der Waals surface area contributed by atoms with Gasteiger partial charge in [-0.25, -0.2) is 4.98 Å². The van der Waals surface area contributed by atoms with Gasteiger partial charge in [-0.05, 0) is 57.0 Å². The summed E-state index contributed by atoms with van der Waals surface area (Å²) < 4.78 is 0. The smallest absolute Gasteiger partial charge is 0.294 e. The van der Waals surface area contributed by atoms with Crippen LogP contribution >= 0.6 is 11.3 Å². The number of aliphatic hydroxyl groups excluding tert-OH is 1. The van der Waals surface area contributed by atoms with Crippen molar-refractivity contribution in [2.75, 3.05) is 4.90 Å². The standard InChI is InChI=1S/C32H27N3O3S/c1-17-14-18(2)16-22(15-17)35-27(25-19(3)33-24-13-9-8-12-23(24)25)26(29(37)32(35)38)28(36)30-20(4)34-31(39-30)21-10-6-5-7-11-21/h5-16,27,33,37H,1-4H3. The number of aromatic amines is 1. The molecule has 7 heteroatoms. The molecule has 6 rings (SSSR count). The van der Waals surface area contributed by atoms with E-state index < -0.39 is 17.7 Å². The molecule has 1 aliphatic rings. The monoisotopic (exact) mass is 533 g/mol. The van der Waals surface area contributed by atoms with Gasteiger partial charge in [0.15, 0.2) is 5.76 Å². The number of nitrogens with zero attached hydrogens (tertiary/aromatic N) is 2. The highest BCUT2D eigenvalue weighted by atomic mass is 32.1. The molecule has 1 atom stereocenters. The number of hydrogen-bond donors (Lipinski definition) is 2. The summed E-state index contributed by atoms with van der Waals surface area (Å²) in [5.41, 5.74) is 6.66. The Bertz CT molecular complexity index is 1790. The summed E-state index contributed by atoms with van der Waals surface area (Å²) in [7, 11) is 0. The Morgan fingerprint density at radius 3 is 2.33 bits per heavy atom. The summed E-state index contributed by atoms with van der Waals surface area (Å²) in [6, 6.07) is 22.5. The highest BCUT2D eigenvalue weighted by molar-refractivity contribution is 7.17. The van der Waals surface area contributed by atoms with E-state index in [1.54, 1.807) is 11.8 Å². The molecule has 2 N–H and O–H groups in total. The third kappa shape index (κ3) is 4.06. The fourth-order valence-electron chi connectivity index (χ4n) is 5.55. The van der Waals surface area contributed by atoms with Crippen molar-refractivity contribution in [1.82, 2.24) is 9.97 Å². The second kappa shape index (κ2) is 9.36. The normalized spacial score (nSPS) is 15.5. The highest BCUT2D eigenvalue weighted by Crippen LogP contribution is 2.46. The van der Waals surface area contributed by atoms with Crippen LogP contribution in [-0.4, -0.2) is 26.8 Å². The molecular formula is C32H27N3O3S. The fourth-order valence-corrected chi connectivity index (χ4v) is 6.58. The number of nitrogens with one attached hydrogen (secondary N) is 1. The van der Waals surface area contributed by atoms with Crippen LogP contribution in [-0.2, 0) is 4.79 Å². The number of hydrogen-bond acceptors (Lipinski definition) is 5. The number of aliphatic hydroxyl groups is 1. The van der Waals surface area contributed by atoms with Gasteiger partial charge in [0.2, 0.25) is 5.78 Å². The van der Waals surface area contributed by atoms with Gasteiger partial charge < -0.3 is 10.1 Å². The molecule has 2 aromatic heterocycles. The predicted octanol–water partition coefficient (Wildman–Crippen LogP) is 7.31. The zero-order chi connectivity index (χ0) is 27.4. The van der Waals surface area contributed by atoms with Gasteiger partial charge >= 0.3 is 0 Å². The van der Waals surface area contributed by atoms with Crippen molar-refractivity contribution in [3.63, 3.8) is 0 Å². The maximum atomic E-state index is 14.3. The maximum absolute atomic E-state index is 14.3. The van der Waals surface area contributed by atoms with E-state index in [1.165, 1.54) is 11.3 Å². The molecule has 39 heavy (non-hydrogen) atoms.